The molecule has 2 heteroatoms. The number of nitriles is 2. The lowest BCUT2D eigenvalue weighted by Gasteiger charge is -2.36. The third kappa shape index (κ3) is 1.23. The fourth-order valence-corrected chi connectivity index (χ4v) is 2.79. The first-order valence-electron chi connectivity index (χ1n) is 5.35. The van der Waals surface area contributed by atoms with Crippen LogP contribution in [0.2, 0.25) is 0 Å². The lowest BCUT2D eigenvalue weighted by atomic mass is 9.64. The first kappa shape index (κ1) is 9.28. The van der Waals surface area contributed by atoms with Gasteiger partial charge in [0.15, 0.2) is 5.41 Å². The van der Waals surface area contributed by atoms with Crippen molar-refractivity contribution in [2.24, 2.45) is 11.3 Å². The van der Waals surface area contributed by atoms with Gasteiger partial charge in [-0.1, -0.05) is 6.08 Å². The standard InChI is InChI=1S/C12H14N2/c13-8-12(9-14)7-3-5-10-4-1-2-6-11(10)12/h6,10H,1-5,7H2. The fraction of sp³-hybridized carbons (Fsp3) is 0.667. The molecule has 2 aliphatic carbocycles. The Bertz CT molecular complexity index is 326. The Morgan fingerprint density at radius 3 is 2.64 bits per heavy atom. The Kier molecular flexibility index (Phi) is 2.30. The lowest BCUT2D eigenvalue weighted by Crippen LogP contribution is -2.30. The number of allylic oxidation sites excluding steroid dienone is 2. The van der Waals surface area contributed by atoms with Gasteiger partial charge in [0.25, 0.3) is 0 Å². The van der Waals surface area contributed by atoms with Crippen molar-refractivity contribution in [3.63, 3.8) is 0 Å². The van der Waals surface area contributed by atoms with Crippen molar-refractivity contribution in [3.8, 4) is 12.1 Å². The lowest BCUT2D eigenvalue weighted by molar-refractivity contribution is 0.324. The molecule has 0 aromatic heterocycles. The first-order valence-corrected chi connectivity index (χ1v) is 5.35. The molecule has 0 heterocycles. The summed E-state index contributed by atoms with van der Waals surface area (Å²) in [5, 5.41) is 18.3. The van der Waals surface area contributed by atoms with E-state index >= 15 is 0 Å². The first-order chi connectivity index (χ1) is 6.82. The maximum atomic E-state index is 9.17. The molecule has 1 fully saturated rings. The molecule has 2 rings (SSSR count). The van der Waals surface area contributed by atoms with E-state index in [2.05, 4.69) is 18.2 Å². The molecule has 0 aromatic carbocycles. The Balaban J connectivity index is 2.39. The van der Waals surface area contributed by atoms with E-state index < -0.39 is 5.41 Å². The van der Waals surface area contributed by atoms with Gasteiger partial charge in [-0.3, -0.25) is 0 Å². The molecule has 2 nitrogen and oxygen atoms in total. The average Bonchev–Trinajstić information content (AvgIpc) is 2.28. The van der Waals surface area contributed by atoms with E-state index in [1.54, 1.807) is 0 Å². The summed E-state index contributed by atoms with van der Waals surface area (Å²) >= 11 is 0. The molecule has 1 unspecified atom stereocenters. The Labute approximate surface area is 84.8 Å². The van der Waals surface area contributed by atoms with Crippen LogP contribution < -0.4 is 0 Å². The molecule has 0 saturated heterocycles. The number of rotatable bonds is 0. The van der Waals surface area contributed by atoms with Gasteiger partial charge < -0.3 is 0 Å². The molecule has 0 aromatic rings. The smallest absolute Gasteiger partial charge is 0.164 e. The second-order valence-electron chi connectivity index (χ2n) is 4.31. The van der Waals surface area contributed by atoms with Crippen LogP contribution in [0.25, 0.3) is 0 Å². The SMILES string of the molecule is N#CC1(C#N)CCCC2CCCC=C21. The summed E-state index contributed by atoms with van der Waals surface area (Å²) in [5.41, 5.74) is 0.364. The maximum Gasteiger partial charge on any atom is 0.164 e. The Hall–Kier alpha value is -1.28. The van der Waals surface area contributed by atoms with E-state index in [1.165, 1.54) is 19.3 Å². The van der Waals surface area contributed by atoms with E-state index in [0.717, 1.165) is 24.8 Å². The minimum Gasteiger partial charge on any atom is -0.196 e. The van der Waals surface area contributed by atoms with Crippen LogP contribution in [0.5, 0.6) is 0 Å². The van der Waals surface area contributed by atoms with Gasteiger partial charge in [-0.05, 0) is 50.0 Å². The third-order valence-electron chi connectivity index (χ3n) is 3.54. The van der Waals surface area contributed by atoms with E-state index in [0.29, 0.717) is 5.92 Å². The number of fused-ring (bicyclic) bond motifs is 1. The van der Waals surface area contributed by atoms with Crippen molar-refractivity contribution < 1.29 is 0 Å². The highest BCUT2D eigenvalue weighted by atomic mass is 14.5. The molecule has 1 atom stereocenters. The predicted octanol–water partition coefficient (Wildman–Crippen LogP) is 2.93. The summed E-state index contributed by atoms with van der Waals surface area (Å²) in [6, 6.07) is 4.47. The van der Waals surface area contributed by atoms with Crippen LogP contribution in [-0.4, -0.2) is 0 Å². The molecular formula is C12H14N2. The predicted molar refractivity (Wildman–Crippen MR) is 52.9 cm³/mol. The Morgan fingerprint density at radius 2 is 1.93 bits per heavy atom. The van der Waals surface area contributed by atoms with Gasteiger partial charge in [0.05, 0.1) is 12.1 Å². The molecule has 0 spiro atoms. The van der Waals surface area contributed by atoms with Crippen LogP contribution in [-0.2, 0) is 0 Å². The summed E-state index contributed by atoms with van der Waals surface area (Å²) in [6.07, 6.45) is 8.55. The number of hydrogen-bond donors (Lipinski definition) is 0. The average molecular weight is 186 g/mol. The number of hydrogen-bond acceptors (Lipinski definition) is 2. The van der Waals surface area contributed by atoms with Crippen LogP contribution in [0.3, 0.4) is 0 Å². The molecule has 0 radical (unpaired) electrons. The van der Waals surface area contributed by atoms with Gasteiger partial charge in [-0.25, -0.2) is 0 Å². The molecule has 14 heavy (non-hydrogen) atoms. The summed E-state index contributed by atoms with van der Waals surface area (Å²) < 4.78 is 0. The van der Waals surface area contributed by atoms with Crippen LogP contribution in [0.15, 0.2) is 11.6 Å². The monoisotopic (exact) mass is 186 g/mol. The molecule has 0 aliphatic heterocycles. The number of nitrogens with zero attached hydrogens (tertiary/aromatic N) is 2. The van der Waals surface area contributed by atoms with Crippen LogP contribution in [0.1, 0.15) is 38.5 Å². The third-order valence-corrected chi connectivity index (χ3v) is 3.54. The van der Waals surface area contributed by atoms with E-state index in [9.17, 15) is 0 Å². The molecule has 0 N–H and O–H groups in total. The highest BCUT2D eigenvalue weighted by Crippen LogP contribution is 2.47. The van der Waals surface area contributed by atoms with Gasteiger partial charge in [0.2, 0.25) is 0 Å². The fourth-order valence-electron chi connectivity index (χ4n) is 2.79. The van der Waals surface area contributed by atoms with Gasteiger partial charge in [0.1, 0.15) is 0 Å². The summed E-state index contributed by atoms with van der Waals surface area (Å²) in [7, 11) is 0. The van der Waals surface area contributed by atoms with Gasteiger partial charge in [-0.15, -0.1) is 0 Å². The minimum atomic E-state index is -0.774. The van der Waals surface area contributed by atoms with Crippen LogP contribution in [0, 0.1) is 34.0 Å². The van der Waals surface area contributed by atoms with E-state index in [-0.39, 0.29) is 0 Å². The van der Waals surface area contributed by atoms with Crippen molar-refractivity contribution in [1.82, 2.24) is 0 Å². The molecule has 0 bridgehead atoms. The highest BCUT2D eigenvalue weighted by molar-refractivity contribution is 5.36. The molecule has 72 valence electrons. The summed E-state index contributed by atoms with van der Waals surface area (Å²) in [6.45, 7) is 0. The molecular weight excluding hydrogens is 172 g/mol. The van der Waals surface area contributed by atoms with Crippen molar-refractivity contribution in [1.29, 1.82) is 10.5 Å². The van der Waals surface area contributed by atoms with Gasteiger partial charge in [-0.2, -0.15) is 10.5 Å². The Morgan fingerprint density at radius 1 is 1.21 bits per heavy atom. The molecule has 2 aliphatic rings. The molecule has 0 amide bonds. The second kappa shape index (κ2) is 3.46. The topological polar surface area (TPSA) is 47.6 Å². The van der Waals surface area contributed by atoms with E-state index in [1.807, 2.05) is 0 Å². The van der Waals surface area contributed by atoms with Crippen molar-refractivity contribution in [2.75, 3.05) is 0 Å². The highest BCUT2D eigenvalue weighted by Gasteiger charge is 2.42. The van der Waals surface area contributed by atoms with Gasteiger partial charge in [0, 0.05) is 0 Å². The van der Waals surface area contributed by atoms with Crippen molar-refractivity contribution in [2.45, 2.75) is 38.5 Å². The van der Waals surface area contributed by atoms with Crippen LogP contribution >= 0.6 is 0 Å². The maximum absolute atomic E-state index is 9.17. The zero-order valence-corrected chi connectivity index (χ0v) is 8.29. The van der Waals surface area contributed by atoms with Crippen LogP contribution in [0.4, 0.5) is 0 Å². The zero-order chi connectivity index (χ0) is 10.0. The molecule has 1 saturated carbocycles. The van der Waals surface area contributed by atoms with Crippen molar-refractivity contribution >= 4 is 0 Å². The normalized spacial score (nSPS) is 29.3. The quantitative estimate of drug-likeness (QED) is 0.546. The van der Waals surface area contributed by atoms with Crippen molar-refractivity contribution in [3.05, 3.63) is 11.6 Å². The summed E-state index contributed by atoms with van der Waals surface area (Å²) in [5.74, 6) is 0.525. The van der Waals surface area contributed by atoms with Gasteiger partial charge >= 0.3 is 0 Å². The zero-order valence-electron chi connectivity index (χ0n) is 8.29. The largest absolute Gasteiger partial charge is 0.196 e. The van der Waals surface area contributed by atoms with E-state index in [4.69, 9.17) is 10.5 Å². The summed E-state index contributed by atoms with van der Waals surface area (Å²) in [4.78, 5) is 0. The second-order valence-corrected chi connectivity index (χ2v) is 4.31. The minimum absolute atomic E-state index is 0.525.